The second-order valence-electron chi connectivity index (χ2n) is 2.36. The largest absolute Gasteiger partial charge is 1.00 e. The molecule has 0 atom stereocenters. The number of hydrogen-bond acceptors (Lipinski definition) is 5. The molecule has 0 spiro atoms. The van der Waals surface area contributed by atoms with Crippen LogP contribution in [0.1, 0.15) is 40.5 Å². The molecular formula is C8H23K3NO4P. The first kappa shape index (κ1) is 43.1. The van der Waals surface area contributed by atoms with Crippen molar-refractivity contribution in [1.29, 1.82) is 0 Å². The molecule has 0 rings (SSSR count). The first-order chi connectivity index (χ1) is 6.24. The monoisotopic (exact) mass is 345 g/mol. The molecule has 9 heteroatoms. The van der Waals surface area contributed by atoms with E-state index in [1.54, 1.807) is 0 Å². The fourth-order valence-electron chi connectivity index (χ4n) is 0. The zero-order chi connectivity index (χ0) is 12.6. The van der Waals surface area contributed by atoms with Gasteiger partial charge in [0.2, 0.25) is 0 Å². The molecule has 0 heterocycles. The molecule has 0 saturated heterocycles. The van der Waals surface area contributed by atoms with Crippen LogP contribution in [-0.4, -0.2) is 14.1 Å². The van der Waals surface area contributed by atoms with Crippen LogP contribution >= 0.6 is 7.82 Å². The third kappa shape index (κ3) is 305. The summed E-state index contributed by atoms with van der Waals surface area (Å²) in [4.78, 5) is 25.6. The zero-order valence-corrected chi connectivity index (χ0v) is 23.3. The van der Waals surface area contributed by atoms with Gasteiger partial charge in [0.05, 0.1) is 0 Å². The molecule has 0 aromatic carbocycles. The molecule has 5 nitrogen and oxygen atoms in total. The number of nitrogens with one attached hydrogen (secondary N) is 1. The van der Waals surface area contributed by atoms with Gasteiger partial charge in [0, 0.05) is 0 Å². The van der Waals surface area contributed by atoms with E-state index in [-0.39, 0.29) is 154 Å². The molecule has 0 unspecified atom stereocenters. The molecule has 0 bridgehead atoms. The Morgan fingerprint density at radius 2 is 0.824 bits per heavy atom. The summed E-state index contributed by atoms with van der Waals surface area (Å²) < 4.78 is 8.55. The van der Waals surface area contributed by atoms with Crippen LogP contribution in [0.15, 0.2) is 0 Å². The summed E-state index contributed by atoms with van der Waals surface area (Å²) in [5.74, 6) is 0. The van der Waals surface area contributed by atoms with Gasteiger partial charge in [0.15, 0.2) is 0 Å². The third-order valence-corrected chi connectivity index (χ3v) is 0. The van der Waals surface area contributed by atoms with E-state index in [9.17, 15) is 0 Å². The summed E-state index contributed by atoms with van der Waals surface area (Å²) in [7, 11) is -1.64. The SMILES string of the molecule is CCC.CCC.CNC.O=P([O-])([O-])[O-].[K+].[K+].[K+]. The summed E-state index contributed by atoms with van der Waals surface area (Å²) in [6.45, 7) is 8.50. The Bertz CT molecular complexity index is 104. The van der Waals surface area contributed by atoms with Gasteiger partial charge in [-0.2, -0.15) is 7.82 Å². The summed E-state index contributed by atoms with van der Waals surface area (Å²) in [5, 5.41) is 2.75. The maximum Gasteiger partial charge on any atom is 1.00 e. The molecule has 92 valence electrons. The normalized spacial score (nSPS) is 6.65. The smallest absolute Gasteiger partial charge is 0.822 e. The minimum Gasteiger partial charge on any atom is -0.822 e. The molecular weight excluding hydrogens is 322 g/mol. The van der Waals surface area contributed by atoms with E-state index >= 15 is 0 Å². The summed E-state index contributed by atoms with van der Waals surface area (Å²) in [5.41, 5.74) is 0. The Balaban J connectivity index is -0.0000000152. The number of rotatable bonds is 0. The average Bonchev–Trinajstić information content (AvgIpc) is 1.86. The van der Waals surface area contributed by atoms with E-state index in [2.05, 4.69) is 33.0 Å². The Morgan fingerprint density at radius 3 is 0.824 bits per heavy atom. The van der Waals surface area contributed by atoms with Gasteiger partial charge < -0.3 is 24.6 Å². The Morgan fingerprint density at radius 1 is 0.824 bits per heavy atom. The fourth-order valence-corrected chi connectivity index (χ4v) is 0. The van der Waals surface area contributed by atoms with Crippen molar-refractivity contribution in [3.63, 3.8) is 0 Å². The molecule has 0 aliphatic rings. The molecule has 0 aliphatic carbocycles. The van der Waals surface area contributed by atoms with Crippen molar-refractivity contribution in [3.8, 4) is 0 Å². The van der Waals surface area contributed by atoms with Crippen molar-refractivity contribution in [2.75, 3.05) is 14.1 Å². The average molecular weight is 346 g/mol. The van der Waals surface area contributed by atoms with Crippen LogP contribution in [0.3, 0.4) is 0 Å². The van der Waals surface area contributed by atoms with Crippen LogP contribution < -0.4 is 174 Å². The van der Waals surface area contributed by atoms with Crippen LogP contribution in [0.25, 0.3) is 0 Å². The predicted molar refractivity (Wildman–Crippen MR) is 54.5 cm³/mol. The second kappa shape index (κ2) is 42.9. The minimum absolute atomic E-state index is 0. The molecule has 1 N–H and O–H groups in total. The summed E-state index contributed by atoms with van der Waals surface area (Å²) in [6, 6.07) is 0. The maximum atomic E-state index is 8.55. The van der Waals surface area contributed by atoms with E-state index in [0.29, 0.717) is 0 Å². The van der Waals surface area contributed by atoms with E-state index in [1.807, 2.05) is 14.1 Å². The standard InChI is InChI=1S/2C3H8.C2H7N.3K.H3O4P/c3*1-3-2;;;;1-5(2,3)4/h2*3H2,1-2H3;3H,1-2H3;;;;(H3,1,2,3,4)/q;;;3*+1;/p-3. The molecule has 0 amide bonds. The van der Waals surface area contributed by atoms with Crippen LogP contribution in [0.5, 0.6) is 0 Å². The third-order valence-electron chi connectivity index (χ3n) is 0. The summed E-state index contributed by atoms with van der Waals surface area (Å²) in [6.07, 6.45) is 2.50. The first-order valence-corrected chi connectivity index (χ1v) is 6.02. The second-order valence-corrected chi connectivity index (χ2v) is 3.26. The van der Waals surface area contributed by atoms with Crippen molar-refractivity contribution in [1.82, 2.24) is 5.32 Å². The fraction of sp³-hybridized carbons (Fsp3) is 1.00. The van der Waals surface area contributed by atoms with Crippen molar-refractivity contribution >= 4 is 7.82 Å². The predicted octanol–water partition coefficient (Wildman–Crippen LogP) is -9.14. The number of hydrogen-bond donors (Lipinski definition) is 1. The minimum atomic E-state index is -5.39. The molecule has 0 aliphatic heterocycles. The molecule has 0 saturated carbocycles. The van der Waals surface area contributed by atoms with Crippen molar-refractivity contribution in [3.05, 3.63) is 0 Å². The van der Waals surface area contributed by atoms with Crippen molar-refractivity contribution in [2.45, 2.75) is 40.5 Å². The van der Waals surface area contributed by atoms with E-state index in [1.165, 1.54) is 12.8 Å². The molecule has 0 fully saturated rings. The van der Waals surface area contributed by atoms with Gasteiger partial charge in [-0.25, -0.2) is 0 Å². The Hall–Kier alpha value is 4.98. The summed E-state index contributed by atoms with van der Waals surface area (Å²) >= 11 is 0. The maximum absolute atomic E-state index is 8.55. The molecule has 0 aromatic heterocycles. The Labute approximate surface area is 235 Å². The van der Waals surface area contributed by atoms with E-state index in [4.69, 9.17) is 19.2 Å². The van der Waals surface area contributed by atoms with Crippen LogP contribution in [0.4, 0.5) is 0 Å². The zero-order valence-electron chi connectivity index (χ0n) is 13.0. The van der Waals surface area contributed by atoms with Crippen LogP contribution in [-0.2, 0) is 4.57 Å². The first-order valence-electron chi connectivity index (χ1n) is 4.56. The van der Waals surface area contributed by atoms with Gasteiger partial charge in [0.25, 0.3) is 0 Å². The van der Waals surface area contributed by atoms with Gasteiger partial charge in [-0.3, -0.25) is 0 Å². The molecule has 17 heavy (non-hydrogen) atoms. The van der Waals surface area contributed by atoms with E-state index < -0.39 is 7.82 Å². The molecule has 0 aromatic rings. The van der Waals surface area contributed by atoms with Gasteiger partial charge >= 0.3 is 154 Å². The quantitative estimate of drug-likeness (QED) is 0.347. The molecule has 0 radical (unpaired) electrons. The van der Waals surface area contributed by atoms with Crippen molar-refractivity contribution in [2.24, 2.45) is 0 Å². The van der Waals surface area contributed by atoms with E-state index in [0.717, 1.165) is 0 Å². The van der Waals surface area contributed by atoms with Gasteiger partial charge in [-0.1, -0.05) is 40.5 Å². The topological polar surface area (TPSA) is 98.3 Å². The van der Waals surface area contributed by atoms with Crippen molar-refractivity contribution < 1.29 is 173 Å². The van der Waals surface area contributed by atoms with Crippen LogP contribution in [0.2, 0.25) is 0 Å². The van der Waals surface area contributed by atoms with Gasteiger partial charge in [0.1, 0.15) is 0 Å². The number of phosphoric acid groups is 1. The Kier molecular flexibility index (Phi) is 109. The van der Waals surface area contributed by atoms with Gasteiger partial charge in [-0.05, 0) is 14.1 Å². The van der Waals surface area contributed by atoms with Gasteiger partial charge in [-0.15, -0.1) is 0 Å². The van der Waals surface area contributed by atoms with Crippen LogP contribution in [0, 0.1) is 0 Å².